The summed E-state index contributed by atoms with van der Waals surface area (Å²) in [4.78, 5) is 27.7. The van der Waals surface area contributed by atoms with Gasteiger partial charge in [0.1, 0.15) is 13.2 Å². The molecule has 1 aromatic carbocycles. The van der Waals surface area contributed by atoms with Gasteiger partial charge < -0.3 is 9.64 Å². The van der Waals surface area contributed by atoms with Crippen molar-refractivity contribution < 1.29 is 14.3 Å². The lowest BCUT2D eigenvalue weighted by Crippen LogP contribution is -2.43. The third-order valence-electron chi connectivity index (χ3n) is 4.17. The smallest absolute Gasteiger partial charge is 0.410 e. The Bertz CT molecular complexity index is 512. The highest BCUT2D eigenvalue weighted by Crippen LogP contribution is 2.27. The van der Waals surface area contributed by atoms with E-state index >= 15 is 0 Å². The van der Waals surface area contributed by atoms with Crippen molar-refractivity contribution in [2.45, 2.75) is 25.3 Å². The fourth-order valence-electron chi connectivity index (χ4n) is 2.97. The fraction of sp³-hybridized carbons (Fsp3) is 0.500. The maximum atomic E-state index is 12.4. The van der Waals surface area contributed by atoms with E-state index in [0.717, 1.165) is 31.5 Å². The van der Waals surface area contributed by atoms with Crippen LogP contribution in [-0.2, 0) is 9.53 Å². The number of amides is 2. The van der Waals surface area contributed by atoms with Crippen LogP contribution < -0.4 is 0 Å². The van der Waals surface area contributed by atoms with Crippen molar-refractivity contribution >= 4 is 12.0 Å². The molecule has 0 bridgehead atoms. The minimum Gasteiger partial charge on any atom is -0.447 e. The molecule has 5 nitrogen and oxygen atoms in total. The van der Waals surface area contributed by atoms with Crippen molar-refractivity contribution in [1.29, 1.82) is 0 Å². The molecule has 0 unspecified atom stereocenters. The summed E-state index contributed by atoms with van der Waals surface area (Å²) < 4.78 is 5.14. The highest BCUT2D eigenvalue weighted by atomic mass is 16.6. The van der Waals surface area contributed by atoms with Gasteiger partial charge in [0.15, 0.2) is 0 Å². The number of hydrogen-bond acceptors (Lipinski definition) is 3. The number of carbonyl (C=O) groups is 2. The van der Waals surface area contributed by atoms with Crippen LogP contribution >= 0.6 is 0 Å². The SMILES string of the molecule is O=C(CN1C(=O)OC[C@@H]1c1ccccc1)N1CCCCC1. The molecule has 2 aliphatic heterocycles. The molecule has 0 N–H and O–H groups in total. The summed E-state index contributed by atoms with van der Waals surface area (Å²) in [5.41, 5.74) is 1.01. The summed E-state index contributed by atoms with van der Waals surface area (Å²) in [5.74, 6) is 0.0227. The molecule has 5 heteroatoms. The monoisotopic (exact) mass is 288 g/mol. The van der Waals surface area contributed by atoms with Gasteiger partial charge in [-0.3, -0.25) is 9.69 Å². The lowest BCUT2D eigenvalue weighted by Gasteiger charge is -2.29. The van der Waals surface area contributed by atoms with Gasteiger partial charge in [-0.25, -0.2) is 4.79 Å². The summed E-state index contributed by atoms with van der Waals surface area (Å²) in [6.45, 7) is 2.03. The molecule has 2 saturated heterocycles. The van der Waals surface area contributed by atoms with Gasteiger partial charge in [0.05, 0.1) is 6.04 Å². The molecule has 2 amide bonds. The van der Waals surface area contributed by atoms with Crippen LogP contribution in [0.25, 0.3) is 0 Å². The second-order valence-corrected chi connectivity index (χ2v) is 5.57. The molecule has 0 radical (unpaired) electrons. The van der Waals surface area contributed by atoms with Gasteiger partial charge in [0, 0.05) is 13.1 Å². The van der Waals surface area contributed by atoms with Gasteiger partial charge in [-0.15, -0.1) is 0 Å². The standard InChI is InChI=1S/C16H20N2O3/c19-15(17-9-5-2-6-10-17)11-18-14(12-21-16(18)20)13-7-3-1-4-8-13/h1,3-4,7-8,14H,2,5-6,9-12H2/t14-/m1/s1. The van der Waals surface area contributed by atoms with Gasteiger partial charge in [0.2, 0.25) is 5.91 Å². The van der Waals surface area contributed by atoms with Crippen molar-refractivity contribution in [2.75, 3.05) is 26.2 Å². The van der Waals surface area contributed by atoms with E-state index in [-0.39, 0.29) is 18.5 Å². The number of cyclic esters (lactones) is 1. The number of rotatable bonds is 3. The maximum absolute atomic E-state index is 12.4. The minimum absolute atomic E-state index is 0.0227. The third kappa shape index (κ3) is 3.01. The number of likely N-dealkylation sites (tertiary alicyclic amines) is 1. The number of nitrogens with zero attached hydrogens (tertiary/aromatic N) is 2. The quantitative estimate of drug-likeness (QED) is 0.856. The molecule has 112 valence electrons. The summed E-state index contributed by atoms with van der Waals surface area (Å²) in [5, 5.41) is 0. The number of hydrogen-bond donors (Lipinski definition) is 0. The average Bonchev–Trinajstić information content (AvgIpc) is 2.90. The Kier molecular flexibility index (Phi) is 4.08. The van der Waals surface area contributed by atoms with E-state index < -0.39 is 6.09 Å². The molecule has 1 aromatic rings. The van der Waals surface area contributed by atoms with Gasteiger partial charge in [-0.2, -0.15) is 0 Å². The Hall–Kier alpha value is -2.04. The van der Waals surface area contributed by atoms with E-state index in [2.05, 4.69) is 0 Å². The average molecular weight is 288 g/mol. The predicted octanol–water partition coefficient (Wildman–Crippen LogP) is 2.19. The number of benzene rings is 1. The first-order valence-corrected chi connectivity index (χ1v) is 7.52. The first-order valence-electron chi connectivity index (χ1n) is 7.52. The van der Waals surface area contributed by atoms with Crippen molar-refractivity contribution in [3.05, 3.63) is 35.9 Å². The lowest BCUT2D eigenvalue weighted by atomic mass is 10.1. The third-order valence-corrected chi connectivity index (χ3v) is 4.17. The molecule has 0 aliphatic carbocycles. The van der Waals surface area contributed by atoms with Gasteiger partial charge in [-0.1, -0.05) is 30.3 Å². The van der Waals surface area contributed by atoms with Crippen LogP contribution in [0, 0.1) is 0 Å². The second kappa shape index (κ2) is 6.16. The zero-order valence-corrected chi connectivity index (χ0v) is 12.0. The molecular weight excluding hydrogens is 268 g/mol. The van der Waals surface area contributed by atoms with Gasteiger partial charge in [0.25, 0.3) is 0 Å². The van der Waals surface area contributed by atoms with Gasteiger partial charge >= 0.3 is 6.09 Å². The second-order valence-electron chi connectivity index (χ2n) is 5.57. The van der Waals surface area contributed by atoms with Gasteiger partial charge in [-0.05, 0) is 24.8 Å². The topological polar surface area (TPSA) is 49.9 Å². The zero-order chi connectivity index (χ0) is 14.7. The number of ether oxygens (including phenoxy) is 1. The number of carbonyl (C=O) groups excluding carboxylic acids is 2. The summed E-state index contributed by atoms with van der Waals surface area (Å²) in [6, 6.07) is 9.57. The Morgan fingerprint density at radius 1 is 1.14 bits per heavy atom. The van der Waals surface area contributed by atoms with Crippen LogP contribution in [0.4, 0.5) is 4.79 Å². The van der Waals surface area contributed by atoms with Crippen molar-refractivity contribution in [2.24, 2.45) is 0 Å². The van der Waals surface area contributed by atoms with E-state index in [1.165, 1.54) is 6.42 Å². The molecule has 2 aliphatic rings. The van der Waals surface area contributed by atoms with Crippen LogP contribution in [0.5, 0.6) is 0 Å². The Morgan fingerprint density at radius 2 is 1.86 bits per heavy atom. The minimum atomic E-state index is -0.394. The summed E-state index contributed by atoms with van der Waals surface area (Å²) in [6.07, 6.45) is 2.90. The van der Waals surface area contributed by atoms with E-state index in [1.54, 1.807) is 4.90 Å². The normalized spacial score (nSPS) is 22.3. The Labute approximate surface area is 124 Å². The fourth-order valence-corrected chi connectivity index (χ4v) is 2.97. The molecular formula is C16H20N2O3. The Morgan fingerprint density at radius 3 is 2.57 bits per heavy atom. The molecule has 2 heterocycles. The predicted molar refractivity (Wildman–Crippen MR) is 77.7 cm³/mol. The van der Waals surface area contributed by atoms with E-state index in [4.69, 9.17) is 4.74 Å². The van der Waals surface area contributed by atoms with Crippen molar-refractivity contribution in [1.82, 2.24) is 9.80 Å². The first kappa shape index (κ1) is 13.9. The lowest BCUT2D eigenvalue weighted by molar-refractivity contribution is -0.132. The van der Waals surface area contributed by atoms with E-state index in [1.807, 2.05) is 35.2 Å². The Balaban J connectivity index is 1.69. The van der Waals surface area contributed by atoms with Crippen LogP contribution in [0.1, 0.15) is 30.9 Å². The van der Waals surface area contributed by atoms with Crippen LogP contribution in [0.2, 0.25) is 0 Å². The highest BCUT2D eigenvalue weighted by molar-refractivity contribution is 5.83. The number of piperidine rings is 1. The molecule has 21 heavy (non-hydrogen) atoms. The van der Waals surface area contributed by atoms with Crippen LogP contribution in [-0.4, -0.2) is 48.0 Å². The molecule has 1 atom stereocenters. The molecule has 2 fully saturated rings. The zero-order valence-electron chi connectivity index (χ0n) is 12.0. The summed E-state index contributed by atoms with van der Waals surface area (Å²) in [7, 11) is 0. The summed E-state index contributed by atoms with van der Waals surface area (Å²) >= 11 is 0. The highest BCUT2D eigenvalue weighted by Gasteiger charge is 2.36. The van der Waals surface area contributed by atoms with Crippen molar-refractivity contribution in [3.8, 4) is 0 Å². The molecule has 0 aromatic heterocycles. The van der Waals surface area contributed by atoms with Crippen molar-refractivity contribution in [3.63, 3.8) is 0 Å². The van der Waals surface area contributed by atoms with E-state index in [9.17, 15) is 9.59 Å². The van der Waals surface area contributed by atoms with E-state index in [0.29, 0.717) is 6.61 Å². The maximum Gasteiger partial charge on any atom is 0.410 e. The van der Waals surface area contributed by atoms with Crippen LogP contribution in [0.3, 0.4) is 0 Å². The molecule has 0 spiro atoms. The molecule has 0 saturated carbocycles. The molecule has 3 rings (SSSR count). The van der Waals surface area contributed by atoms with Crippen LogP contribution in [0.15, 0.2) is 30.3 Å². The largest absolute Gasteiger partial charge is 0.447 e. The first-order chi connectivity index (χ1) is 10.3.